The third-order valence-corrected chi connectivity index (χ3v) is 9.29. The fourth-order valence-corrected chi connectivity index (χ4v) is 7.48. The maximum Gasteiger partial charge on any atom is 0.425 e. The lowest BCUT2D eigenvalue weighted by atomic mass is 9.95. The quantitative estimate of drug-likeness (QED) is 0.462. The van der Waals surface area contributed by atoms with Crippen molar-refractivity contribution < 1.29 is 32.2 Å². The van der Waals surface area contributed by atoms with Gasteiger partial charge in [0.25, 0.3) is 0 Å². The van der Waals surface area contributed by atoms with Crippen molar-refractivity contribution in [3.63, 3.8) is 0 Å². The van der Waals surface area contributed by atoms with E-state index in [0.29, 0.717) is 66.6 Å². The van der Waals surface area contributed by atoms with Crippen LogP contribution in [0.2, 0.25) is 0 Å². The second-order valence-corrected chi connectivity index (χ2v) is 11.4. The molecule has 196 valence electrons. The van der Waals surface area contributed by atoms with Crippen LogP contribution in [-0.4, -0.2) is 37.9 Å². The van der Waals surface area contributed by atoms with Crippen molar-refractivity contribution in [2.45, 2.75) is 70.3 Å². The predicted molar refractivity (Wildman–Crippen MR) is 131 cm³/mol. The number of halogens is 3. The van der Waals surface area contributed by atoms with E-state index in [0.717, 1.165) is 47.5 Å². The number of aryl methyl sites for hydroxylation is 1. The number of amides is 2. The second kappa shape index (κ2) is 10.7. The number of ether oxygens (including phenoxy) is 2. The summed E-state index contributed by atoms with van der Waals surface area (Å²) in [7, 11) is 0. The van der Waals surface area contributed by atoms with Crippen LogP contribution in [0.1, 0.15) is 67.4 Å². The summed E-state index contributed by atoms with van der Waals surface area (Å²) in [4.78, 5) is 27.0. The number of anilines is 1. The van der Waals surface area contributed by atoms with Gasteiger partial charge in [-0.2, -0.15) is 13.2 Å². The third kappa shape index (κ3) is 5.41. The first kappa shape index (κ1) is 25.5. The monoisotopic (exact) mass is 543 g/mol. The molecule has 2 aliphatic heterocycles. The summed E-state index contributed by atoms with van der Waals surface area (Å²) in [6, 6.07) is -0.643. The van der Waals surface area contributed by atoms with Crippen molar-refractivity contribution in [1.82, 2.24) is 10.6 Å². The number of hydrogen-bond acceptors (Lipinski definition) is 7. The molecule has 2 aromatic heterocycles. The van der Waals surface area contributed by atoms with E-state index in [-0.39, 0.29) is 18.2 Å². The molecule has 0 spiro atoms. The summed E-state index contributed by atoms with van der Waals surface area (Å²) in [5.41, 5.74) is 2.09. The SMILES string of the molecule is O=C(NCc1c(C(F)(F)F)sc2c1CCNC2)Nc1sc2c(c1C(=O)OC1CCOCC1)CCCC2. The van der Waals surface area contributed by atoms with Crippen LogP contribution in [-0.2, 0) is 48.0 Å². The Kier molecular flexibility index (Phi) is 7.57. The van der Waals surface area contributed by atoms with Gasteiger partial charge in [-0.1, -0.05) is 0 Å². The van der Waals surface area contributed by atoms with Gasteiger partial charge in [-0.3, -0.25) is 5.32 Å². The van der Waals surface area contributed by atoms with Crippen molar-refractivity contribution in [2.24, 2.45) is 0 Å². The fraction of sp³-hybridized carbons (Fsp3) is 0.583. The number of urea groups is 1. The highest BCUT2D eigenvalue weighted by Gasteiger charge is 2.38. The van der Waals surface area contributed by atoms with Crippen molar-refractivity contribution in [3.05, 3.63) is 36.9 Å². The average molecular weight is 544 g/mol. The van der Waals surface area contributed by atoms with E-state index in [1.807, 2.05) is 0 Å². The van der Waals surface area contributed by atoms with Crippen molar-refractivity contribution in [1.29, 1.82) is 0 Å². The lowest BCUT2D eigenvalue weighted by Crippen LogP contribution is -2.31. The predicted octanol–water partition coefficient (Wildman–Crippen LogP) is 5.01. The molecule has 0 unspecified atom stereocenters. The van der Waals surface area contributed by atoms with E-state index in [1.165, 1.54) is 11.3 Å². The van der Waals surface area contributed by atoms with Crippen molar-refractivity contribution in [3.8, 4) is 0 Å². The van der Waals surface area contributed by atoms with Crippen LogP contribution in [0, 0.1) is 0 Å². The molecule has 1 aliphatic carbocycles. The molecule has 0 aromatic carbocycles. The van der Waals surface area contributed by atoms with Gasteiger partial charge in [-0.25, -0.2) is 9.59 Å². The summed E-state index contributed by atoms with van der Waals surface area (Å²) in [6.45, 7) is 1.83. The number of esters is 1. The maximum absolute atomic E-state index is 13.7. The minimum absolute atomic E-state index is 0.128. The Labute approximate surface area is 214 Å². The molecule has 2 amide bonds. The van der Waals surface area contributed by atoms with E-state index in [9.17, 15) is 22.8 Å². The molecule has 5 rings (SSSR count). The van der Waals surface area contributed by atoms with Gasteiger partial charge in [0, 0.05) is 35.7 Å². The number of nitrogens with one attached hydrogen (secondary N) is 3. The molecule has 2 aromatic rings. The first-order valence-electron chi connectivity index (χ1n) is 12.2. The van der Waals surface area contributed by atoms with Crippen molar-refractivity contribution in [2.75, 3.05) is 25.1 Å². The topological polar surface area (TPSA) is 88.7 Å². The summed E-state index contributed by atoms with van der Waals surface area (Å²) < 4.78 is 52.1. The number of alkyl halides is 3. The first-order chi connectivity index (χ1) is 17.3. The molecular weight excluding hydrogens is 515 g/mol. The molecule has 12 heteroatoms. The lowest BCUT2D eigenvalue weighted by molar-refractivity contribution is -0.135. The standard InChI is InChI=1S/C24H28F3N3O4S2/c25-24(26,27)20-16(14-5-8-28-12-18(14)35-20)11-29-23(32)30-21-19(15-3-1-2-4-17(15)36-21)22(31)34-13-6-9-33-10-7-13/h13,28H,1-12H2,(H2,29,30,32). The number of hydrogen-bond donors (Lipinski definition) is 3. The van der Waals surface area contributed by atoms with Gasteiger partial charge < -0.3 is 20.1 Å². The maximum atomic E-state index is 13.7. The average Bonchev–Trinajstić information content (AvgIpc) is 3.41. The first-order valence-corrected chi connectivity index (χ1v) is 13.8. The minimum atomic E-state index is -4.48. The van der Waals surface area contributed by atoms with Gasteiger partial charge in [0.05, 0.1) is 18.8 Å². The minimum Gasteiger partial charge on any atom is -0.459 e. The number of fused-ring (bicyclic) bond motifs is 2. The molecule has 0 radical (unpaired) electrons. The van der Waals surface area contributed by atoms with Crippen LogP contribution in [0.3, 0.4) is 0 Å². The summed E-state index contributed by atoms with van der Waals surface area (Å²) >= 11 is 2.09. The zero-order valence-corrected chi connectivity index (χ0v) is 21.3. The molecule has 1 saturated heterocycles. The molecule has 1 fully saturated rings. The smallest absolute Gasteiger partial charge is 0.425 e. The van der Waals surface area contributed by atoms with Gasteiger partial charge in [-0.05, 0) is 55.3 Å². The molecule has 0 atom stereocenters. The van der Waals surface area contributed by atoms with E-state index in [1.54, 1.807) is 0 Å². The van der Waals surface area contributed by atoms with Crippen LogP contribution in [0.5, 0.6) is 0 Å². The largest absolute Gasteiger partial charge is 0.459 e. The van der Waals surface area contributed by atoms with Gasteiger partial charge in [0.2, 0.25) is 0 Å². The lowest BCUT2D eigenvalue weighted by Gasteiger charge is -2.23. The highest BCUT2D eigenvalue weighted by Crippen LogP contribution is 2.42. The Morgan fingerprint density at radius 1 is 1.06 bits per heavy atom. The van der Waals surface area contributed by atoms with Crippen LogP contribution in [0.25, 0.3) is 0 Å². The number of rotatable bonds is 5. The van der Waals surface area contributed by atoms with E-state index in [4.69, 9.17) is 9.47 Å². The molecule has 0 saturated carbocycles. The van der Waals surface area contributed by atoms with Crippen molar-refractivity contribution >= 4 is 39.7 Å². The van der Waals surface area contributed by atoms with E-state index in [2.05, 4.69) is 16.0 Å². The van der Waals surface area contributed by atoms with Crippen LogP contribution < -0.4 is 16.0 Å². The van der Waals surface area contributed by atoms with Gasteiger partial charge in [0.15, 0.2) is 0 Å². The highest BCUT2D eigenvalue weighted by atomic mass is 32.1. The van der Waals surface area contributed by atoms with E-state index >= 15 is 0 Å². The zero-order valence-electron chi connectivity index (χ0n) is 19.6. The summed E-state index contributed by atoms with van der Waals surface area (Å²) in [6.07, 6.45) is 0.544. The molecule has 0 bridgehead atoms. The zero-order chi connectivity index (χ0) is 25.3. The molecular formula is C24H28F3N3O4S2. The molecule has 7 nitrogen and oxygen atoms in total. The summed E-state index contributed by atoms with van der Waals surface area (Å²) in [5, 5.41) is 8.82. The third-order valence-electron chi connectivity index (χ3n) is 6.77. The Hall–Kier alpha value is -2.15. The Bertz CT molecular complexity index is 1140. The van der Waals surface area contributed by atoms with Gasteiger partial charge >= 0.3 is 18.2 Å². The summed E-state index contributed by atoms with van der Waals surface area (Å²) in [5.74, 6) is -0.463. The van der Waals surface area contributed by atoms with Gasteiger partial charge in [0.1, 0.15) is 16.0 Å². The normalized spacial score (nSPS) is 18.3. The van der Waals surface area contributed by atoms with E-state index < -0.39 is 23.1 Å². The van der Waals surface area contributed by atoms with Crippen LogP contribution in [0.15, 0.2) is 0 Å². The molecule has 3 N–H and O–H groups in total. The number of carbonyl (C=O) groups excluding carboxylic acids is 2. The number of carbonyl (C=O) groups is 2. The fourth-order valence-electron chi connectivity index (χ4n) is 5.01. The Balaban J connectivity index is 1.32. The second-order valence-electron chi connectivity index (χ2n) is 9.18. The molecule has 36 heavy (non-hydrogen) atoms. The molecule has 4 heterocycles. The van der Waals surface area contributed by atoms with Crippen LogP contribution in [0.4, 0.5) is 23.0 Å². The number of thiophene rings is 2. The highest BCUT2D eigenvalue weighted by molar-refractivity contribution is 7.17. The molecule has 3 aliphatic rings. The Morgan fingerprint density at radius 2 is 1.83 bits per heavy atom. The van der Waals surface area contributed by atoms with Crippen LogP contribution >= 0.6 is 22.7 Å². The Morgan fingerprint density at radius 3 is 2.61 bits per heavy atom. The van der Waals surface area contributed by atoms with Gasteiger partial charge in [-0.15, -0.1) is 22.7 Å².